The number of hydrogen-bond acceptors (Lipinski definition) is 5. The van der Waals surface area contributed by atoms with Crippen molar-refractivity contribution in [3.63, 3.8) is 0 Å². The predicted molar refractivity (Wildman–Crippen MR) is 102 cm³/mol. The second kappa shape index (κ2) is 7.50. The second-order valence-corrected chi connectivity index (χ2v) is 6.65. The summed E-state index contributed by atoms with van der Waals surface area (Å²) >= 11 is 12.0. The van der Waals surface area contributed by atoms with E-state index < -0.39 is 0 Å². The highest BCUT2D eigenvalue weighted by molar-refractivity contribution is 6.43. The Bertz CT molecular complexity index is 1000. The molecule has 2 heterocycles. The van der Waals surface area contributed by atoms with Crippen LogP contribution in [-0.4, -0.2) is 24.3 Å². The Kier molecular flexibility index (Phi) is 4.92. The summed E-state index contributed by atoms with van der Waals surface area (Å²) in [7, 11) is 0. The van der Waals surface area contributed by atoms with Gasteiger partial charge in [-0.05, 0) is 30.3 Å². The normalized spacial score (nSPS) is 12.7. The third-order valence-corrected chi connectivity index (χ3v) is 4.77. The van der Waals surface area contributed by atoms with Crippen molar-refractivity contribution in [2.45, 2.75) is 6.42 Å². The van der Waals surface area contributed by atoms with Gasteiger partial charge in [0.2, 0.25) is 5.91 Å². The number of nitrogens with zero attached hydrogens (tertiary/aromatic N) is 1. The summed E-state index contributed by atoms with van der Waals surface area (Å²) in [6.07, 6.45) is 0.0386. The molecule has 6 nitrogen and oxygen atoms in total. The van der Waals surface area contributed by atoms with Crippen molar-refractivity contribution >= 4 is 34.8 Å². The van der Waals surface area contributed by atoms with Gasteiger partial charge in [-0.2, -0.15) is 0 Å². The number of rotatable bonds is 4. The van der Waals surface area contributed by atoms with E-state index in [1.165, 1.54) is 0 Å². The molecule has 0 radical (unpaired) electrons. The molecule has 27 heavy (non-hydrogen) atoms. The van der Waals surface area contributed by atoms with Crippen LogP contribution < -0.4 is 14.8 Å². The van der Waals surface area contributed by atoms with Crippen LogP contribution in [0.15, 0.2) is 47.0 Å². The molecule has 0 fully saturated rings. The standard InChI is InChI=1S/C19H14Cl2N2O4/c20-13-2-1-3-14(19(13)21)22-18(24)10-12-9-16(27-23-12)11-4-5-15-17(8-11)26-7-6-25-15/h1-5,8-9H,6-7,10H2,(H,22,24). The molecule has 138 valence electrons. The lowest BCUT2D eigenvalue weighted by molar-refractivity contribution is -0.115. The molecular formula is C19H14Cl2N2O4. The molecule has 8 heteroatoms. The van der Waals surface area contributed by atoms with Gasteiger partial charge in [-0.15, -0.1) is 0 Å². The van der Waals surface area contributed by atoms with Gasteiger partial charge in [-0.1, -0.05) is 34.4 Å². The Morgan fingerprint density at radius 3 is 2.74 bits per heavy atom. The first-order valence-corrected chi connectivity index (χ1v) is 8.95. The van der Waals surface area contributed by atoms with Gasteiger partial charge in [0.1, 0.15) is 13.2 Å². The van der Waals surface area contributed by atoms with Gasteiger partial charge < -0.3 is 19.3 Å². The maximum atomic E-state index is 12.3. The molecule has 0 aliphatic carbocycles. The average molecular weight is 405 g/mol. The number of hydrogen-bond donors (Lipinski definition) is 1. The quantitative estimate of drug-likeness (QED) is 0.687. The van der Waals surface area contributed by atoms with Gasteiger partial charge in [0.15, 0.2) is 17.3 Å². The largest absolute Gasteiger partial charge is 0.486 e. The summed E-state index contributed by atoms with van der Waals surface area (Å²) in [5.74, 6) is 1.62. The number of halogens is 2. The fourth-order valence-corrected chi connectivity index (χ4v) is 3.03. The van der Waals surface area contributed by atoms with Crippen molar-refractivity contribution in [3.8, 4) is 22.8 Å². The number of ether oxygens (including phenoxy) is 2. The van der Waals surface area contributed by atoms with E-state index >= 15 is 0 Å². The van der Waals surface area contributed by atoms with Crippen LogP contribution in [0.1, 0.15) is 5.69 Å². The number of amides is 1. The minimum absolute atomic E-state index is 0.0386. The van der Waals surface area contributed by atoms with Crippen molar-refractivity contribution in [2.75, 3.05) is 18.5 Å². The summed E-state index contributed by atoms with van der Waals surface area (Å²) in [6, 6.07) is 12.2. The van der Waals surface area contributed by atoms with Crippen LogP contribution in [0.5, 0.6) is 11.5 Å². The van der Waals surface area contributed by atoms with Crippen LogP contribution in [0, 0.1) is 0 Å². The zero-order chi connectivity index (χ0) is 18.8. The fourth-order valence-electron chi connectivity index (χ4n) is 2.69. The SMILES string of the molecule is O=C(Cc1cc(-c2ccc3c(c2)OCCO3)on1)Nc1cccc(Cl)c1Cl. The molecule has 1 N–H and O–H groups in total. The molecule has 1 aromatic heterocycles. The fraction of sp³-hybridized carbons (Fsp3) is 0.158. The number of carbonyl (C=O) groups is 1. The smallest absolute Gasteiger partial charge is 0.230 e. The zero-order valence-corrected chi connectivity index (χ0v) is 15.5. The molecule has 4 rings (SSSR count). The summed E-state index contributed by atoms with van der Waals surface area (Å²) < 4.78 is 16.4. The van der Waals surface area contributed by atoms with E-state index in [-0.39, 0.29) is 12.3 Å². The van der Waals surface area contributed by atoms with E-state index in [0.29, 0.717) is 51.9 Å². The molecule has 0 atom stereocenters. The molecule has 1 aliphatic rings. The lowest BCUT2D eigenvalue weighted by Gasteiger charge is -2.18. The molecule has 0 saturated heterocycles. The molecular weight excluding hydrogens is 391 g/mol. The van der Waals surface area contributed by atoms with E-state index in [4.69, 9.17) is 37.2 Å². The summed E-state index contributed by atoms with van der Waals surface area (Å²) in [5, 5.41) is 7.34. The Morgan fingerprint density at radius 2 is 1.89 bits per heavy atom. The number of nitrogens with one attached hydrogen (secondary N) is 1. The van der Waals surface area contributed by atoms with Crippen LogP contribution in [0.25, 0.3) is 11.3 Å². The van der Waals surface area contributed by atoms with Crippen LogP contribution in [0.4, 0.5) is 5.69 Å². The van der Waals surface area contributed by atoms with E-state index in [1.54, 1.807) is 24.3 Å². The minimum Gasteiger partial charge on any atom is -0.486 e. The summed E-state index contributed by atoms with van der Waals surface area (Å²) in [6.45, 7) is 1.04. The Labute approximate surface area is 165 Å². The van der Waals surface area contributed by atoms with E-state index in [9.17, 15) is 4.79 Å². The highest BCUT2D eigenvalue weighted by Crippen LogP contribution is 2.35. The molecule has 3 aromatic rings. The van der Waals surface area contributed by atoms with Gasteiger partial charge in [0.25, 0.3) is 0 Å². The first-order valence-electron chi connectivity index (χ1n) is 8.19. The number of aromatic nitrogens is 1. The van der Waals surface area contributed by atoms with Crippen LogP contribution in [-0.2, 0) is 11.2 Å². The Balaban J connectivity index is 1.46. The number of benzene rings is 2. The Hall–Kier alpha value is -2.70. The first-order chi connectivity index (χ1) is 13.1. The Morgan fingerprint density at radius 1 is 1.07 bits per heavy atom. The predicted octanol–water partition coefficient (Wildman–Crippen LogP) is 4.60. The van der Waals surface area contributed by atoms with Crippen LogP contribution in [0.3, 0.4) is 0 Å². The third-order valence-electron chi connectivity index (χ3n) is 3.95. The highest BCUT2D eigenvalue weighted by atomic mass is 35.5. The molecule has 1 aliphatic heterocycles. The highest BCUT2D eigenvalue weighted by Gasteiger charge is 2.16. The topological polar surface area (TPSA) is 73.6 Å². The molecule has 1 amide bonds. The van der Waals surface area contributed by atoms with Gasteiger partial charge in [-0.25, -0.2) is 0 Å². The molecule has 0 unspecified atom stereocenters. The van der Waals surface area contributed by atoms with Crippen molar-refractivity contribution in [1.29, 1.82) is 0 Å². The second-order valence-electron chi connectivity index (χ2n) is 5.87. The van der Waals surface area contributed by atoms with Gasteiger partial charge in [0.05, 0.1) is 27.8 Å². The number of fused-ring (bicyclic) bond motifs is 1. The number of anilines is 1. The van der Waals surface area contributed by atoms with Crippen molar-refractivity contribution in [2.24, 2.45) is 0 Å². The van der Waals surface area contributed by atoms with Gasteiger partial charge >= 0.3 is 0 Å². The summed E-state index contributed by atoms with van der Waals surface area (Å²) in [5.41, 5.74) is 1.73. The van der Waals surface area contributed by atoms with Crippen LogP contribution >= 0.6 is 23.2 Å². The maximum Gasteiger partial charge on any atom is 0.230 e. The van der Waals surface area contributed by atoms with Crippen molar-refractivity contribution < 1.29 is 18.8 Å². The number of carbonyl (C=O) groups excluding carboxylic acids is 1. The van der Waals surface area contributed by atoms with E-state index in [1.807, 2.05) is 18.2 Å². The van der Waals surface area contributed by atoms with Crippen molar-refractivity contribution in [1.82, 2.24) is 5.16 Å². The monoisotopic (exact) mass is 404 g/mol. The van der Waals surface area contributed by atoms with E-state index in [0.717, 1.165) is 5.56 Å². The lowest BCUT2D eigenvalue weighted by atomic mass is 10.1. The molecule has 0 bridgehead atoms. The molecule has 0 spiro atoms. The zero-order valence-electron chi connectivity index (χ0n) is 14.0. The van der Waals surface area contributed by atoms with Crippen molar-refractivity contribution in [3.05, 3.63) is 58.2 Å². The van der Waals surface area contributed by atoms with E-state index in [2.05, 4.69) is 10.5 Å². The first kappa shape index (κ1) is 17.7. The van der Waals surface area contributed by atoms with Gasteiger partial charge in [0, 0.05) is 11.6 Å². The summed E-state index contributed by atoms with van der Waals surface area (Å²) in [4.78, 5) is 12.3. The minimum atomic E-state index is -0.277. The third kappa shape index (κ3) is 3.86. The molecule has 0 saturated carbocycles. The molecule has 2 aromatic carbocycles. The average Bonchev–Trinajstić information content (AvgIpc) is 3.13. The maximum absolute atomic E-state index is 12.3. The lowest BCUT2D eigenvalue weighted by Crippen LogP contribution is -2.15. The van der Waals surface area contributed by atoms with Crippen LogP contribution in [0.2, 0.25) is 10.0 Å². The van der Waals surface area contributed by atoms with Gasteiger partial charge in [-0.3, -0.25) is 4.79 Å².